The average molecular weight is 241 g/mol. The van der Waals surface area contributed by atoms with Gasteiger partial charge in [-0.3, -0.25) is 9.59 Å². The minimum atomic E-state index is -0.279. The summed E-state index contributed by atoms with van der Waals surface area (Å²) in [4.78, 5) is 25.1. The maximum Gasteiger partial charge on any atom is 0.306 e. The van der Waals surface area contributed by atoms with Crippen molar-refractivity contribution in [2.75, 3.05) is 13.2 Å². The van der Waals surface area contributed by atoms with Crippen molar-refractivity contribution in [3.63, 3.8) is 0 Å². The highest BCUT2D eigenvalue weighted by Gasteiger charge is 2.26. The lowest BCUT2D eigenvalue weighted by atomic mass is 9.94. The lowest BCUT2D eigenvalue weighted by molar-refractivity contribution is -0.146. The van der Waals surface area contributed by atoms with Gasteiger partial charge in [0, 0.05) is 19.0 Å². The number of nitrogens with zero attached hydrogens (tertiary/aromatic N) is 1. The monoisotopic (exact) mass is 241 g/mol. The number of hydrogen-bond donors (Lipinski definition) is 0. The number of ether oxygens (including phenoxy) is 1. The zero-order chi connectivity index (χ0) is 12.8. The number of hydrogen-bond acceptors (Lipinski definition) is 3. The van der Waals surface area contributed by atoms with E-state index in [0.717, 1.165) is 13.0 Å². The molecule has 0 radical (unpaired) electrons. The van der Waals surface area contributed by atoms with E-state index < -0.39 is 0 Å². The smallest absolute Gasteiger partial charge is 0.306 e. The Morgan fingerprint density at radius 2 is 1.94 bits per heavy atom. The highest BCUT2D eigenvalue weighted by Crippen LogP contribution is 2.22. The topological polar surface area (TPSA) is 46.6 Å². The summed E-state index contributed by atoms with van der Waals surface area (Å²) in [6, 6.07) is 0.306. The van der Waals surface area contributed by atoms with Gasteiger partial charge in [0.15, 0.2) is 0 Å². The second-order valence-electron chi connectivity index (χ2n) is 4.88. The molecule has 0 spiro atoms. The van der Waals surface area contributed by atoms with E-state index in [9.17, 15) is 9.59 Å². The molecule has 0 aromatic heterocycles. The van der Waals surface area contributed by atoms with Crippen molar-refractivity contribution in [2.45, 2.75) is 52.5 Å². The van der Waals surface area contributed by atoms with Crippen molar-refractivity contribution < 1.29 is 14.3 Å². The fraction of sp³-hybridized carbons (Fsp3) is 0.846. The molecule has 0 aliphatic carbocycles. The van der Waals surface area contributed by atoms with Crippen molar-refractivity contribution in [3.8, 4) is 0 Å². The largest absolute Gasteiger partial charge is 0.466 e. The van der Waals surface area contributed by atoms with Gasteiger partial charge < -0.3 is 9.64 Å². The van der Waals surface area contributed by atoms with Crippen LogP contribution in [0.25, 0.3) is 0 Å². The van der Waals surface area contributed by atoms with E-state index in [1.807, 2.05) is 4.90 Å². The first-order chi connectivity index (χ1) is 8.04. The minimum absolute atomic E-state index is 0.0807. The zero-order valence-corrected chi connectivity index (χ0v) is 11.1. The molecule has 1 amide bonds. The van der Waals surface area contributed by atoms with Gasteiger partial charge in [-0.25, -0.2) is 0 Å². The predicted octanol–water partition coefficient (Wildman–Crippen LogP) is 1.98. The van der Waals surface area contributed by atoms with Crippen LogP contribution in [0, 0.1) is 5.92 Å². The number of carbonyl (C=O) groups excluding carboxylic acids is 2. The van der Waals surface area contributed by atoms with Gasteiger partial charge >= 0.3 is 5.97 Å². The first-order valence-corrected chi connectivity index (χ1v) is 6.49. The SMILES string of the molecule is CCOC(=O)CCC(=O)N1CC(C)CCC1C. The average Bonchev–Trinajstić information content (AvgIpc) is 2.29. The van der Waals surface area contributed by atoms with Gasteiger partial charge in [-0.05, 0) is 32.6 Å². The van der Waals surface area contributed by atoms with Crippen molar-refractivity contribution in [3.05, 3.63) is 0 Å². The molecule has 1 fully saturated rings. The fourth-order valence-electron chi connectivity index (χ4n) is 2.22. The van der Waals surface area contributed by atoms with Gasteiger partial charge in [0.1, 0.15) is 0 Å². The first kappa shape index (κ1) is 14.0. The lowest BCUT2D eigenvalue weighted by Gasteiger charge is -2.36. The van der Waals surface area contributed by atoms with Crippen LogP contribution in [-0.4, -0.2) is 36.0 Å². The fourth-order valence-corrected chi connectivity index (χ4v) is 2.22. The van der Waals surface area contributed by atoms with Gasteiger partial charge in [0.25, 0.3) is 0 Å². The van der Waals surface area contributed by atoms with Crippen LogP contribution >= 0.6 is 0 Å². The summed E-state index contributed by atoms with van der Waals surface area (Å²) in [6.45, 7) is 7.22. The third-order valence-electron chi connectivity index (χ3n) is 3.29. The Labute approximate surface area is 103 Å². The number of esters is 1. The van der Waals surface area contributed by atoms with Crippen molar-refractivity contribution in [1.82, 2.24) is 4.90 Å². The first-order valence-electron chi connectivity index (χ1n) is 6.49. The molecule has 4 nitrogen and oxygen atoms in total. The second kappa shape index (κ2) is 6.62. The molecule has 0 bridgehead atoms. The highest BCUT2D eigenvalue weighted by atomic mass is 16.5. The maximum atomic E-state index is 12.0. The molecule has 1 saturated heterocycles. The van der Waals surface area contributed by atoms with Gasteiger partial charge in [-0.1, -0.05) is 6.92 Å². The van der Waals surface area contributed by atoms with Crippen LogP contribution in [0.1, 0.15) is 46.5 Å². The number of carbonyl (C=O) groups is 2. The summed E-state index contributed by atoms with van der Waals surface area (Å²) in [6.07, 6.45) is 2.72. The van der Waals surface area contributed by atoms with E-state index >= 15 is 0 Å². The van der Waals surface area contributed by atoms with Gasteiger partial charge in [-0.15, -0.1) is 0 Å². The van der Waals surface area contributed by atoms with E-state index in [1.165, 1.54) is 6.42 Å². The maximum absolute atomic E-state index is 12.0. The van der Waals surface area contributed by atoms with E-state index in [-0.39, 0.29) is 24.7 Å². The van der Waals surface area contributed by atoms with Gasteiger partial charge in [0.2, 0.25) is 5.91 Å². The number of likely N-dealkylation sites (tertiary alicyclic amines) is 1. The molecule has 1 rings (SSSR count). The van der Waals surface area contributed by atoms with Crippen molar-refractivity contribution in [1.29, 1.82) is 0 Å². The number of amides is 1. The van der Waals surface area contributed by atoms with Gasteiger partial charge in [-0.2, -0.15) is 0 Å². The molecule has 1 heterocycles. The Morgan fingerprint density at radius 3 is 2.59 bits per heavy atom. The molecule has 1 aliphatic heterocycles. The van der Waals surface area contributed by atoms with Crippen LogP contribution in [0.2, 0.25) is 0 Å². The van der Waals surface area contributed by atoms with Crippen LogP contribution in [-0.2, 0) is 14.3 Å². The summed E-state index contributed by atoms with van der Waals surface area (Å²) in [5.74, 6) is 0.369. The van der Waals surface area contributed by atoms with Crippen LogP contribution in [0.15, 0.2) is 0 Å². The molecule has 0 saturated carbocycles. The van der Waals surface area contributed by atoms with E-state index in [0.29, 0.717) is 18.6 Å². The molecule has 17 heavy (non-hydrogen) atoms. The third kappa shape index (κ3) is 4.36. The van der Waals surface area contributed by atoms with Crippen molar-refractivity contribution >= 4 is 11.9 Å². The lowest BCUT2D eigenvalue weighted by Crippen LogP contribution is -2.45. The molecule has 0 N–H and O–H groups in total. The molecular weight excluding hydrogens is 218 g/mol. The van der Waals surface area contributed by atoms with Crippen LogP contribution < -0.4 is 0 Å². The third-order valence-corrected chi connectivity index (χ3v) is 3.29. The van der Waals surface area contributed by atoms with E-state index in [2.05, 4.69) is 13.8 Å². The van der Waals surface area contributed by atoms with E-state index in [4.69, 9.17) is 4.74 Å². The zero-order valence-electron chi connectivity index (χ0n) is 11.1. The summed E-state index contributed by atoms with van der Waals surface area (Å²) >= 11 is 0. The Kier molecular flexibility index (Phi) is 5.45. The molecule has 1 aliphatic rings. The Morgan fingerprint density at radius 1 is 1.24 bits per heavy atom. The standard InChI is InChI=1S/C13H23NO3/c1-4-17-13(16)8-7-12(15)14-9-10(2)5-6-11(14)3/h10-11H,4-9H2,1-3H3. The van der Waals surface area contributed by atoms with Crippen LogP contribution in [0.4, 0.5) is 0 Å². The summed E-state index contributed by atoms with van der Waals surface area (Å²) in [5.41, 5.74) is 0. The Bertz CT molecular complexity index is 278. The molecule has 2 unspecified atom stereocenters. The van der Waals surface area contributed by atoms with Crippen LogP contribution in [0.3, 0.4) is 0 Å². The molecule has 0 aromatic rings. The Hall–Kier alpha value is -1.06. The summed E-state index contributed by atoms with van der Waals surface area (Å²) in [7, 11) is 0. The van der Waals surface area contributed by atoms with Gasteiger partial charge in [0.05, 0.1) is 13.0 Å². The van der Waals surface area contributed by atoms with Crippen molar-refractivity contribution in [2.24, 2.45) is 5.92 Å². The minimum Gasteiger partial charge on any atom is -0.466 e. The summed E-state index contributed by atoms with van der Waals surface area (Å²) < 4.78 is 4.82. The number of piperidine rings is 1. The highest BCUT2D eigenvalue weighted by molar-refractivity contribution is 5.81. The second-order valence-corrected chi connectivity index (χ2v) is 4.88. The molecule has 2 atom stereocenters. The predicted molar refractivity (Wildman–Crippen MR) is 65.4 cm³/mol. The van der Waals surface area contributed by atoms with Crippen LogP contribution in [0.5, 0.6) is 0 Å². The molecule has 0 aromatic carbocycles. The normalized spacial score (nSPS) is 24.5. The quantitative estimate of drug-likeness (QED) is 0.707. The summed E-state index contributed by atoms with van der Waals surface area (Å²) in [5, 5.41) is 0. The molecule has 4 heteroatoms. The Balaban J connectivity index is 2.38. The number of rotatable bonds is 4. The molecular formula is C13H23NO3. The van der Waals surface area contributed by atoms with E-state index in [1.54, 1.807) is 6.92 Å². The molecule has 98 valence electrons.